The molecule has 4 rings (SSSR count). The second kappa shape index (κ2) is 7.65. The van der Waals surface area contributed by atoms with E-state index in [9.17, 15) is 9.59 Å². The van der Waals surface area contributed by atoms with Gasteiger partial charge in [-0.25, -0.2) is 14.3 Å². The Labute approximate surface area is 168 Å². The van der Waals surface area contributed by atoms with Crippen molar-refractivity contribution in [2.75, 3.05) is 5.32 Å². The van der Waals surface area contributed by atoms with Crippen LogP contribution in [0.1, 0.15) is 43.1 Å². The van der Waals surface area contributed by atoms with Gasteiger partial charge >= 0.3 is 0 Å². The lowest BCUT2D eigenvalue weighted by molar-refractivity contribution is 0.302. The summed E-state index contributed by atoms with van der Waals surface area (Å²) in [6.07, 6.45) is 4.93. The molecule has 1 aliphatic carbocycles. The summed E-state index contributed by atoms with van der Waals surface area (Å²) in [5.74, 6) is 1.25. The number of rotatable bonds is 4. The van der Waals surface area contributed by atoms with E-state index in [0.717, 1.165) is 37.1 Å². The quantitative estimate of drug-likeness (QED) is 0.722. The van der Waals surface area contributed by atoms with Crippen LogP contribution in [0.3, 0.4) is 0 Å². The number of anilines is 1. The largest absolute Gasteiger partial charge is 0.367 e. The van der Waals surface area contributed by atoms with Crippen LogP contribution in [0.5, 0.6) is 0 Å². The van der Waals surface area contributed by atoms with E-state index in [1.54, 1.807) is 28.5 Å². The molecule has 1 fully saturated rings. The summed E-state index contributed by atoms with van der Waals surface area (Å²) in [6.45, 7) is 3.91. The SMILES string of the molecule is Cc1cc(C)n(-c2ccc(=O)n(C3CCC(Nc4cc(=O)n(C)cn4)CC3)n2)n1. The molecule has 0 saturated heterocycles. The van der Waals surface area contributed by atoms with Gasteiger partial charge in [-0.3, -0.25) is 9.59 Å². The van der Waals surface area contributed by atoms with E-state index in [1.807, 2.05) is 19.9 Å². The Morgan fingerprint density at radius 3 is 2.41 bits per heavy atom. The molecule has 3 aromatic heterocycles. The lowest BCUT2D eigenvalue weighted by Crippen LogP contribution is -2.34. The van der Waals surface area contributed by atoms with Crippen LogP contribution in [0.25, 0.3) is 5.82 Å². The number of aromatic nitrogens is 6. The molecule has 29 heavy (non-hydrogen) atoms. The molecule has 0 bridgehead atoms. The number of hydrogen-bond donors (Lipinski definition) is 1. The summed E-state index contributed by atoms with van der Waals surface area (Å²) in [6, 6.07) is 7.05. The Hall–Kier alpha value is -3.23. The molecule has 1 N–H and O–H groups in total. The third-order valence-corrected chi connectivity index (χ3v) is 5.41. The van der Waals surface area contributed by atoms with E-state index in [1.165, 1.54) is 17.0 Å². The Morgan fingerprint density at radius 2 is 1.76 bits per heavy atom. The first-order chi connectivity index (χ1) is 13.9. The molecule has 9 heteroatoms. The second-order valence-corrected chi connectivity index (χ2v) is 7.69. The zero-order valence-electron chi connectivity index (χ0n) is 16.9. The van der Waals surface area contributed by atoms with Crippen molar-refractivity contribution in [3.63, 3.8) is 0 Å². The van der Waals surface area contributed by atoms with Crippen molar-refractivity contribution in [2.45, 2.75) is 51.6 Å². The lowest BCUT2D eigenvalue weighted by atomic mass is 9.91. The van der Waals surface area contributed by atoms with Crippen LogP contribution in [0.2, 0.25) is 0 Å². The summed E-state index contributed by atoms with van der Waals surface area (Å²) in [7, 11) is 1.68. The van der Waals surface area contributed by atoms with Gasteiger partial charge in [0.15, 0.2) is 5.82 Å². The van der Waals surface area contributed by atoms with E-state index in [4.69, 9.17) is 0 Å². The summed E-state index contributed by atoms with van der Waals surface area (Å²) < 4.78 is 4.80. The molecule has 0 aromatic carbocycles. The number of nitrogens with zero attached hydrogens (tertiary/aromatic N) is 6. The van der Waals surface area contributed by atoms with E-state index in [0.29, 0.717) is 11.6 Å². The minimum absolute atomic E-state index is 0.0501. The fraction of sp³-hybridized carbons (Fsp3) is 0.450. The summed E-state index contributed by atoms with van der Waals surface area (Å²) >= 11 is 0. The molecule has 0 amide bonds. The van der Waals surface area contributed by atoms with Crippen LogP contribution in [0, 0.1) is 13.8 Å². The van der Waals surface area contributed by atoms with E-state index >= 15 is 0 Å². The van der Waals surface area contributed by atoms with Crippen molar-refractivity contribution >= 4 is 5.82 Å². The van der Waals surface area contributed by atoms with Crippen molar-refractivity contribution in [2.24, 2.45) is 7.05 Å². The Kier molecular flexibility index (Phi) is 5.04. The monoisotopic (exact) mass is 395 g/mol. The standard InChI is InChI=1S/C20H25N7O2/c1-13-10-14(2)26(23-13)18-8-9-19(28)27(24-18)16-6-4-15(5-7-16)22-17-11-20(29)25(3)12-21-17/h8-12,15-16,22H,4-7H2,1-3H3. The number of nitrogens with one attached hydrogen (secondary N) is 1. The van der Waals surface area contributed by atoms with Crippen LogP contribution in [0.4, 0.5) is 5.82 Å². The van der Waals surface area contributed by atoms with Crippen LogP contribution in [0.15, 0.2) is 40.2 Å². The molecule has 9 nitrogen and oxygen atoms in total. The topological polar surface area (TPSA) is 99.6 Å². The van der Waals surface area contributed by atoms with Gasteiger partial charge in [0, 0.05) is 30.9 Å². The molecule has 0 aliphatic heterocycles. The Bertz CT molecular complexity index is 1140. The molecule has 0 spiro atoms. The first kappa shape index (κ1) is 19.1. The van der Waals surface area contributed by atoms with Gasteiger partial charge in [0.1, 0.15) is 5.82 Å². The highest BCUT2D eigenvalue weighted by Gasteiger charge is 2.24. The van der Waals surface area contributed by atoms with Crippen molar-refractivity contribution in [3.05, 3.63) is 62.7 Å². The van der Waals surface area contributed by atoms with Gasteiger partial charge < -0.3 is 9.88 Å². The maximum absolute atomic E-state index is 12.4. The van der Waals surface area contributed by atoms with Gasteiger partial charge in [-0.2, -0.15) is 5.10 Å². The summed E-state index contributed by atoms with van der Waals surface area (Å²) in [4.78, 5) is 28.5. The minimum Gasteiger partial charge on any atom is -0.367 e. The average Bonchev–Trinajstić information content (AvgIpc) is 3.04. The van der Waals surface area contributed by atoms with E-state index < -0.39 is 0 Å². The maximum atomic E-state index is 12.4. The predicted octanol–water partition coefficient (Wildman–Crippen LogP) is 1.74. The first-order valence-corrected chi connectivity index (χ1v) is 9.83. The predicted molar refractivity (Wildman–Crippen MR) is 109 cm³/mol. The molecule has 0 atom stereocenters. The normalized spacial score (nSPS) is 19.3. The average molecular weight is 395 g/mol. The lowest BCUT2D eigenvalue weighted by Gasteiger charge is -2.30. The van der Waals surface area contributed by atoms with Gasteiger partial charge in [0.2, 0.25) is 0 Å². The molecule has 3 heterocycles. The minimum atomic E-state index is -0.0973. The number of hydrogen-bond acceptors (Lipinski definition) is 6. The smallest absolute Gasteiger partial charge is 0.267 e. The van der Waals surface area contributed by atoms with Gasteiger partial charge in [-0.15, -0.1) is 5.10 Å². The van der Waals surface area contributed by atoms with Crippen LogP contribution < -0.4 is 16.4 Å². The molecular weight excluding hydrogens is 370 g/mol. The zero-order chi connectivity index (χ0) is 20.5. The van der Waals surface area contributed by atoms with Gasteiger partial charge in [0.25, 0.3) is 11.1 Å². The zero-order valence-corrected chi connectivity index (χ0v) is 16.9. The fourth-order valence-electron chi connectivity index (χ4n) is 3.87. The van der Waals surface area contributed by atoms with Gasteiger partial charge in [0.05, 0.1) is 18.1 Å². The van der Waals surface area contributed by atoms with Crippen molar-refractivity contribution < 1.29 is 0 Å². The second-order valence-electron chi connectivity index (χ2n) is 7.69. The molecule has 3 aromatic rings. The molecule has 152 valence electrons. The Morgan fingerprint density at radius 1 is 1.00 bits per heavy atom. The van der Waals surface area contributed by atoms with Crippen LogP contribution in [-0.2, 0) is 7.05 Å². The third-order valence-electron chi connectivity index (χ3n) is 5.41. The van der Waals surface area contributed by atoms with Crippen LogP contribution in [-0.4, -0.2) is 35.2 Å². The van der Waals surface area contributed by atoms with Gasteiger partial charge in [-0.1, -0.05) is 0 Å². The van der Waals surface area contributed by atoms with Crippen molar-refractivity contribution in [1.82, 2.24) is 29.1 Å². The molecular formula is C20H25N7O2. The maximum Gasteiger partial charge on any atom is 0.267 e. The highest BCUT2D eigenvalue weighted by molar-refractivity contribution is 5.33. The van der Waals surface area contributed by atoms with E-state index in [-0.39, 0.29) is 23.2 Å². The van der Waals surface area contributed by atoms with Crippen molar-refractivity contribution in [3.8, 4) is 5.82 Å². The molecule has 1 saturated carbocycles. The summed E-state index contributed by atoms with van der Waals surface area (Å²) in [5.41, 5.74) is 1.71. The highest BCUT2D eigenvalue weighted by atomic mass is 16.1. The van der Waals surface area contributed by atoms with E-state index in [2.05, 4.69) is 20.5 Å². The third kappa shape index (κ3) is 3.98. The van der Waals surface area contributed by atoms with Crippen LogP contribution >= 0.6 is 0 Å². The summed E-state index contributed by atoms with van der Waals surface area (Å²) in [5, 5.41) is 12.4. The molecule has 1 aliphatic rings. The fourth-order valence-corrected chi connectivity index (χ4v) is 3.87. The molecule has 0 radical (unpaired) electrons. The van der Waals surface area contributed by atoms with Gasteiger partial charge in [-0.05, 0) is 51.7 Å². The number of aryl methyl sites for hydroxylation is 3. The van der Waals surface area contributed by atoms with Crippen molar-refractivity contribution in [1.29, 1.82) is 0 Å². The Balaban J connectivity index is 1.47. The first-order valence-electron chi connectivity index (χ1n) is 9.83. The molecule has 0 unspecified atom stereocenters. The highest BCUT2D eigenvalue weighted by Crippen LogP contribution is 2.28.